The van der Waals surface area contributed by atoms with Gasteiger partial charge in [0.05, 0.1) is 17.4 Å². The van der Waals surface area contributed by atoms with Crippen molar-refractivity contribution in [1.82, 2.24) is 0 Å². The monoisotopic (exact) mass is 405 g/mol. The Morgan fingerprint density at radius 2 is 2.15 bits per heavy atom. The summed E-state index contributed by atoms with van der Waals surface area (Å²) >= 11 is 13.0. The van der Waals surface area contributed by atoms with E-state index in [2.05, 4.69) is 15.0 Å². The van der Waals surface area contributed by atoms with Crippen molar-refractivity contribution in [3.63, 3.8) is 0 Å². The van der Waals surface area contributed by atoms with Gasteiger partial charge < -0.3 is 16.2 Å². The smallest absolute Gasteiger partial charge is 0.244 e. The van der Waals surface area contributed by atoms with E-state index in [1.165, 1.54) is 6.21 Å². The number of halogens is 2. The molecule has 3 heterocycles. The molecule has 7 nitrogen and oxygen atoms in total. The molecule has 4 rings (SSSR count). The number of nitrogens with zero attached hydrogens (tertiary/aromatic N) is 3. The Morgan fingerprint density at radius 1 is 1.37 bits per heavy atom. The highest BCUT2D eigenvalue weighted by atomic mass is 35.5. The quantitative estimate of drug-likeness (QED) is 0.732. The van der Waals surface area contributed by atoms with Crippen molar-refractivity contribution < 1.29 is 9.53 Å². The van der Waals surface area contributed by atoms with Gasteiger partial charge in [0, 0.05) is 18.2 Å². The third-order valence-corrected chi connectivity index (χ3v) is 5.69. The molecule has 0 saturated carbocycles. The van der Waals surface area contributed by atoms with E-state index < -0.39 is 22.5 Å². The maximum absolute atomic E-state index is 11.9. The molecular weight excluding hydrogens is 389 g/mol. The van der Waals surface area contributed by atoms with Gasteiger partial charge in [0.2, 0.25) is 5.91 Å². The molecule has 0 saturated heterocycles. The Labute approximate surface area is 165 Å². The summed E-state index contributed by atoms with van der Waals surface area (Å²) in [6.45, 7) is 2.28. The number of allylic oxidation sites excluding steroid dienone is 1. The van der Waals surface area contributed by atoms with Gasteiger partial charge in [-0.05, 0) is 30.7 Å². The second-order valence-corrected chi connectivity index (χ2v) is 7.76. The lowest BCUT2D eigenvalue weighted by Crippen LogP contribution is -2.43. The van der Waals surface area contributed by atoms with Crippen molar-refractivity contribution in [1.29, 1.82) is 0 Å². The number of carbonyl (C=O) groups excluding carboxylic acids is 1. The van der Waals surface area contributed by atoms with Crippen LogP contribution < -0.4 is 16.2 Å². The second kappa shape index (κ2) is 6.07. The zero-order chi connectivity index (χ0) is 19.4. The second-order valence-electron chi connectivity index (χ2n) is 6.70. The topological polar surface area (TPSA) is 115 Å². The molecule has 3 atom stereocenters. The molecule has 9 heteroatoms. The third kappa shape index (κ3) is 2.73. The highest BCUT2D eigenvalue weighted by Crippen LogP contribution is 2.47. The van der Waals surface area contributed by atoms with Crippen molar-refractivity contribution in [2.45, 2.75) is 29.9 Å². The van der Waals surface area contributed by atoms with Crippen LogP contribution >= 0.6 is 23.2 Å². The Balaban J connectivity index is 1.88. The number of alkyl halides is 1. The molecule has 4 N–H and O–H groups in total. The maximum Gasteiger partial charge on any atom is 0.244 e. The van der Waals surface area contributed by atoms with E-state index in [4.69, 9.17) is 39.4 Å². The van der Waals surface area contributed by atoms with Gasteiger partial charge in [-0.25, -0.2) is 4.99 Å². The zero-order valence-corrected chi connectivity index (χ0v) is 16.0. The summed E-state index contributed by atoms with van der Waals surface area (Å²) in [7, 11) is 0. The molecule has 3 aliphatic rings. The van der Waals surface area contributed by atoms with E-state index in [0.29, 0.717) is 40.9 Å². The van der Waals surface area contributed by atoms with Crippen LogP contribution in [0.25, 0.3) is 0 Å². The molecule has 27 heavy (non-hydrogen) atoms. The number of primary amides is 1. The van der Waals surface area contributed by atoms with Crippen LogP contribution in [-0.4, -0.2) is 36.3 Å². The number of aliphatic imine (C=N–C) groups is 3. The van der Waals surface area contributed by atoms with E-state index in [-0.39, 0.29) is 0 Å². The standard InChI is InChI=1S/C18H17Cl2N5O2/c1-9-15(21)25-18(24-9)4-5-27-13-3-2-10(6-12(13)18)17(20)7-11(19)8-23-14(17)16(22)26/h2-3,6-8,14H,4-5H2,1H3,(H2,21,25)(H2,22,26). The molecule has 0 aromatic heterocycles. The molecule has 3 aliphatic heterocycles. The van der Waals surface area contributed by atoms with Crippen molar-refractivity contribution in [3.05, 3.63) is 40.4 Å². The van der Waals surface area contributed by atoms with Gasteiger partial charge in [-0.1, -0.05) is 17.7 Å². The van der Waals surface area contributed by atoms with Crippen molar-refractivity contribution in [2.24, 2.45) is 26.4 Å². The van der Waals surface area contributed by atoms with E-state index in [1.807, 2.05) is 13.0 Å². The number of rotatable bonds is 2. The summed E-state index contributed by atoms with van der Waals surface area (Å²) in [5.74, 6) is 0.390. The average Bonchev–Trinajstić information content (AvgIpc) is 2.89. The lowest BCUT2D eigenvalue weighted by atomic mass is 9.84. The Morgan fingerprint density at radius 3 is 2.81 bits per heavy atom. The van der Waals surface area contributed by atoms with E-state index in [0.717, 1.165) is 5.56 Å². The van der Waals surface area contributed by atoms with Crippen LogP contribution in [0, 0.1) is 0 Å². The van der Waals surface area contributed by atoms with Gasteiger partial charge in [-0.3, -0.25) is 14.8 Å². The third-order valence-electron chi connectivity index (χ3n) is 4.95. The van der Waals surface area contributed by atoms with Crippen LogP contribution in [-0.2, 0) is 15.3 Å². The number of fused-ring (bicyclic) bond motifs is 2. The molecule has 0 radical (unpaired) electrons. The first-order chi connectivity index (χ1) is 12.7. The number of carbonyl (C=O) groups is 1. The molecule has 0 fully saturated rings. The van der Waals surface area contributed by atoms with Crippen molar-refractivity contribution in [2.75, 3.05) is 6.61 Å². The fourth-order valence-electron chi connectivity index (χ4n) is 3.61. The SMILES string of the molecule is CC1=NC2(CCOc3ccc(C4(Cl)C=C(Cl)C=NC4C(N)=O)cc32)N=C1N. The molecule has 0 aliphatic carbocycles. The van der Waals surface area contributed by atoms with Crippen molar-refractivity contribution in [3.8, 4) is 5.75 Å². The minimum absolute atomic E-state index is 0.322. The number of nitrogens with two attached hydrogens (primary N) is 2. The molecule has 1 amide bonds. The van der Waals surface area contributed by atoms with Crippen LogP contribution in [0.1, 0.15) is 24.5 Å². The number of ether oxygens (including phenoxy) is 1. The first-order valence-electron chi connectivity index (χ1n) is 8.35. The molecule has 3 unspecified atom stereocenters. The normalized spacial score (nSPS) is 31.7. The fraction of sp³-hybridized carbons (Fsp3) is 0.333. The van der Waals surface area contributed by atoms with Gasteiger partial charge >= 0.3 is 0 Å². The number of hydrogen-bond donors (Lipinski definition) is 2. The highest BCUT2D eigenvalue weighted by molar-refractivity contribution is 6.41. The van der Waals surface area contributed by atoms with Gasteiger partial charge in [-0.2, -0.15) is 0 Å². The lowest BCUT2D eigenvalue weighted by Gasteiger charge is -2.35. The number of hydrogen-bond acceptors (Lipinski definition) is 6. The first-order valence-corrected chi connectivity index (χ1v) is 9.10. The van der Waals surface area contributed by atoms with Gasteiger partial charge in [0.15, 0.2) is 11.7 Å². The first kappa shape index (κ1) is 18.0. The predicted molar refractivity (Wildman–Crippen MR) is 106 cm³/mol. The van der Waals surface area contributed by atoms with Gasteiger partial charge in [-0.15, -0.1) is 11.6 Å². The number of amides is 1. The fourth-order valence-corrected chi connectivity index (χ4v) is 4.29. The van der Waals surface area contributed by atoms with Gasteiger partial charge in [0.1, 0.15) is 16.5 Å². The summed E-state index contributed by atoms with van der Waals surface area (Å²) in [4.78, 5) is 24.0. The summed E-state index contributed by atoms with van der Waals surface area (Å²) in [6, 6.07) is 4.36. The van der Waals surface area contributed by atoms with Crippen LogP contribution in [0.2, 0.25) is 0 Å². The van der Waals surface area contributed by atoms with Crippen LogP contribution in [0.5, 0.6) is 5.75 Å². The molecule has 0 bridgehead atoms. The highest BCUT2D eigenvalue weighted by Gasteiger charge is 2.46. The van der Waals surface area contributed by atoms with Crippen LogP contribution in [0.4, 0.5) is 0 Å². The van der Waals surface area contributed by atoms with E-state index in [1.54, 1.807) is 18.2 Å². The Kier molecular flexibility index (Phi) is 4.05. The molecule has 1 aromatic carbocycles. The molecule has 1 aromatic rings. The summed E-state index contributed by atoms with van der Waals surface area (Å²) in [5.41, 5.74) is 12.6. The minimum Gasteiger partial charge on any atom is -0.493 e. The number of amidine groups is 1. The molecule has 140 valence electrons. The zero-order valence-electron chi connectivity index (χ0n) is 14.4. The summed E-state index contributed by atoms with van der Waals surface area (Å²) < 4.78 is 5.77. The summed E-state index contributed by atoms with van der Waals surface area (Å²) in [5, 5.41) is 0.322. The number of benzene rings is 1. The number of dihydropyridines is 1. The Bertz CT molecular complexity index is 950. The Hall–Kier alpha value is -2.38. The average molecular weight is 406 g/mol. The predicted octanol–water partition coefficient (Wildman–Crippen LogP) is 1.95. The minimum atomic E-state index is -1.32. The van der Waals surface area contributed by atoms with Crippen LogP contribution in [0.3, 0.4) is 0 Å². The largest absolute Gasteiger partial charge is 0.493 e. The van der Waals surface area contributed by atoms with Gasteiger partial charge in [0.25, 0.3) is 0 Å². The summed E-state index contributed by atoms with van der Waals surface area (Å²) in [6.07, 6.45) is 3.48. The molecular formula is C18H17Cl2N5O2. The van der Waals surface area contributed by atoms with E-state index >= 15 is 0 Å². The van der Waals surface area contributed by atoms with Crippen LogP contribution in [0.15, 0.2) is 44.3 Å². The van der Waals surface area contributed by atoms with Crippen molar-refractivity contribution >= 4 is 46.9 Å². The maximum atomic E-state index is 11.9. The molecule has 1 spiro atoms. The lowest BCUT2D eigenvalue weighted by molar-refractivity contribution is -0.119. The van der Waals surface area contributed by atoms with E-state index in [9.17, 15) is 4.79 Å².